The van der Waals surface area contributed by atoms with E-state index in [1.165, 1.54) is 49.7 Å². The minimum Gasteiger partial charge on any atom is -0.285 e. The fourth-order valence-corrected chi connectivity index (χ4v) is 4.12. The van der Waals surface area contributed by atoms with E-state index in [9.17, 15) is 4.79 Å². The van der Waals surface area contributed by atoms with Gasteiger partial charge in [-0.05, 0) is 59.8 Å². The van der Waals surface area contributed by atoms with Crippen molar-refractivity contribution in [2.75, 3.05) is 13.1 Å². The van der Waals surface area contributed by atoms with Gasteiger partial charge in [-0.25, -0.2) is 5.01 Å². The van der Waals surface area contributed by atoms with E-state index >= 15 is 0 Å². The van der Waals surface area contributed by atoms with Crippen LogP contribution in [-0.2, 0) is 10.8 Å². The molecule has 1 heterocycles. The number of carbonyl (C=O) groups is 1. The van der Waals surface area contributed by atoms with Crippen molar-refractivity contribution in [3.05, 3.63) is 34.9 Å². The number of rotatable bonds is 2. The summed E-state index contributed by atoms with van der Waals surface area (Å²) in [7, 11) is 0. The fourth-order valence-electron chi connectivity index (χ4n) is 4.12. The van der Waals surface area contributed by atoms with E-state index in [1.807, 2.05) is 6.07 Å². The van der Waals surface area contributed by atoms with Gasteiger partial charge in [0, 0.05) is 18.7 Å². The second kappa shape index (κ2) is 6.51. The average molecular weight is 329 g/mol. The van der Waals surface area contributed by atoms with E-state index in [-0.39, 0.29) is 16.7 Å². The highest BCUT2D eigenvalue weighted by Gasteiger charge is 2.37. The number of benzene rings is 1. The smallest absolute Gasteiger partial charge is 0.265 e. The van der Waals surface area contributed by atoms with Crippen LogP contribution in [0.5, 0.6) is 0 Å². The summed E-state index contributed by atoms with van der Waals surface area (Å²) in [6, 6.07) is 6.34. The summed E-state index contributed by atoms with van der Waals surface area (Å²) in [5.41, 5.74) is 7.02. The molecule has 24 heavy (non-hydrogen) atoms. The van der Waals surface area contributed by atoms with Crippen LogP contribution in [0.25, 0.3) is 0 Å². The lowest BCUT2D eigenvalue weighted by Gasteiger charge is -2.42. The van der Waals surface area contributed by atoms with Crippen molar-refractivity contribution in [1.29, 1.82) is 0 Å². The van der Waals surface area contributed by atoms with Crippen LogP contribution in [0.1, 0.15) is 87.7 Å². The van der Waals surface area contributed by atoms with Gasteiger partial charge in [0.2, 0.25) is 0 Å². The number of fused-ring (bicyclic) bond motifs is 1. The molecule has 1 N–H and O–H groups in total. The zero-order chi connectivity index (χ0) is 17.4. The number of hydrazine groups is 1. The van der Waals surface area contributed by atoms with E-state index in [1.54, 1.807) is 0 Å². The van der Waals surface area contributed by atoms with E-state index in [0.29, 0.717) is 0 Å². The molecule has 1 aliphatic carbocycles. The Morgan fingerprint density at radius 3 is 2.12 bits per heavy atom. The predicted molar refractivity (Wildman–Crippen MR) is 99.2 cm³/mol. The molecule has 0 aromatic heterocycles. The molecule has 3 rings (SSSR count). The Morgan fingerprint density at radius 2 is 1.50 bits per heavy atom. The van der Waals surface area contributed by atoms with Gasteiger partial charge in [-0.1, -0.05) is 46.6 Å². The third kappa shape index (κ3) is 3.51. The maximum atomic E-state index is 12.7. The molecule has 2 aliphatic rings. The Morgan fingerprint density at radius 1 is 0.917 bits per heavy atom. The quantitative estimate of drug-likeness (QED) is 0.863. The Kier molecular flexibility index (Phi) is 4.74. The molecular formula is C21H32N2O. The number of carbonyl (C=O) groups excluding carboxylic acids is 1. The molecule has 0 unspecified atom stereocenters. The summed E-state index contributed by atoms with van der Waals surface area (Å²) < 4.78 is 0. The van der Waals surface area contributed by atoms with Crippen molar-refractivity contribution in [3.63, 3.8) is 0 Å². The number of hydrogen-bond donors (Lipinski definition) is 1. The Balaban J connectivity index is 1.83. The first-order chi connectivity index (χ1) is 11.3. The molecule has 1 aliphatic heterocycles. The molecule has 1 fully saturated rings. The molecule has 1 amide bonds. The van der Waals surface area contributed by atoms with Crippen LogP contribution in [0.2, 0.25) is 0 Å². The van der Waals surface area contributed by atoms with Crippen LogP contribution in [0.15, 0.2) is 18.2 Å². The van der Waals surface area contributed by atoms with E-state index < -0.39 is 0 Å². The van der Waals surface area contributed by atoms with Gasteiger partial charge in [-0.3, -0.25) is 10.2 Å². The second-order valence-corrected chi connectivity index (χ2v) is 8.87. The minimum absolute atomic E-state index is 0.0406. The summed E-state index contributed by atoms with van der Waals surface area (Å²) in [5.74, 6) is 0.0406. The van der Waals surface area contributed by atoms with E-state index in [2.05, 4.69) is 50.3 Å². The summed E-state index contributed by atoms with van der Waals surface area (Å²) in [6.45, 7) is 11.2. The van der Waals surface area contributed by atoms with Gasteiger partial charge < -0.3 is 0 Å². The number of nitrogens with zero attached hydrogens (tertiary/aromatic N) is 1. The van der Waals surface area contributed by atoms with Gasteiger partial charge in [0.15, 0.2) is 0 Å². The van der Waals surface area contributed by atoms with Gasteiger partial charge in [0.1, 0.15) is 0 Å². The lowest BCUT2D eigenvalue weighted by molar-refractivity contribution is 0.0794. The second-order valence-electron chi connectivity index (χ2n) is 8.87. The zero-order valence-electron chi connectivity index (χ0n) is 15.7. The predicted octanol–water partition coefficient (Wildman–Crippen LogP) is 4.56. The molecule has 3 heteroatoms. The number of hydrogen-bond acceptors (Lipinski definition) is 2. The van der Waals surface area contributed by atoms with Crippen LogP contribution in [0.4, 0.5) is 0 Å². The summed E-state index contributed by atoms with van der Waals surface area (Å²) in [6.07, 6.45) is 7.26. The standard InChI is InChI=1S/C21H32N2O/c1-20(2)11-12-21(3,4)18-15-16(9-10-17(18)20)19(24)22-23-13-7-5-6-8-14-23/h9-10,15H,5-8,11-14H2,1-4H3,(H,22,24). The third-order valence-corrected chi connectivity index (χ3v) is 5.98. The van der Waals surface area contributed by atoms with Gasteiger partial charge in [0.25, 0.3) is 5.91 Å². The van der Waals surface area contributed by atoms with Crippen molar-refractivity contribution in [1.82, 2.24) is 10.4 Å². The largest absolute Gasteiger partial charge is 0.285 e. The summed E-state index contributed by atoms with van der Waals surface area (Å²) >= 11 is 0. The van der Waals surface area contributed by atoms with Crippen LogP contribution in [-0.4, -0.2) is 24.0 Å². The van der Waals surface area contributed by atoms with Crippen LogP contribution >= 0.6 is 0 Å². The van der Waals surface area contributed by atoms with Crippen molar-refractivity contribution in [3.8, 4) is 0 Å². The summed E-state index contributed by atoms with van der Waals surface area (Å²) in [4.78, 5) is 12.7. The van der Waals surface area contributed by atoms with Gasteiger partial charge >= 0.3 is 0 Å². The molecule has 1 saturated heterocycles. The molecule has 1 aromatic carbocycles. The zero-order valence-corrected chi connectivity index (χ0v) is 15.7. The first kappa shape index (κ1) is 17.5. The Labute approximate surface area is 146 Å². The first-order valence-electron chi connectivity index (χ1n) is 9.51. The van der Waals surface area contributed by atoms with Crippen molar-refractivity contribution < 1.29 is 4.79 Å². The van der Waals surface area contributed by atoms with Crippen molar-refractivity contribution in [2.45, 2.75) is 77.0 Å². The molecule has 0 radical (unpaired) electrons. The van der Waals surface area contributed by atoms with Crippen LogP contribution in [0.3, 0.4) is 0 Å². The molecule has 132 valence electrons. The molecule has 0 spiro atoms. The molecule has 0 saturated carbocycles. The van der Waals surface area contributed by atoms with Gasteiger partial charge in [0.05, 0.1) is 0 Å². The highest BCUT2D eigenvalue weighted by atomic mass is 16.2. The number of nitrogens with one attached hydrogen (secondary N) is 1. The maximum absolute atomic E-state index is 12.7. The fraction of sp³-hybridized carbons (Fsp3) is 0.667. The average Bonchev–Trinajstić information content (AvgIpc) is 2.80. The van der Waals surface area contributed by atoms with Gasteiger partial charge in [-0.2, -0.15) is 0 Å². The first-order valence-corrected chi connectivity index (χ1v) is 9.51. The highest BCUT2D eigenvalue weighted by molar-refractivity contribution is 5.94. The summed E-state index contributed by atoms with van der Waals surface area (Å²) in [5, 5.41) is 2.10. The van der Waals surface area contributed by atoms with Crippen molar-refractivity contribution in [2.24, 2.45) is 0 Å². The molecule has 0 atom stereocenters. The third-order valence-electron chi connectivity index (χ3n) is 5.98. The lowest BCUT2D eigenvalue weighted by atomic mass is 9.63. The van der Waals surface area contributed by atoms with Gasteiger partial charge in [-0.15, -0.1) is 0 Å². The lowest BCUT2D eigenvalue weighted by Crippen LogP contribution is -2.43. The normalized spacial score (nSPS) is 23.2. The monoisotopic (exact) mass is 328 g/mol. The van der Waals surface area contributed by atoms with Crippen LogP contribution in [0, 0.1) is 0 Å². The number of amides is 1. The Bertz CT molecular complexity index is 610. The topological polar surface area (TPSA) is 32.3 Å². The Hall–Kier alpha value is -1.35. The van der Waals surface area contributed by atoms with Crippen molar-refractivity contribution >= 4 is 5.91 Å². The molecular weight excluding hydrogens is 296 g/mol. The maximum Gasteiger partial charge on any atom is 0.265 e. The SMILES string of the molecule is CC1(C)CCC(C)(C)c2cc(C(=O)NN3CCCCCC3)ccc21. The van der Waals surface area contributed by atoms with Crippen LogP contribution < -0.4 is 5.43 Å². The molecule has 1 aromatic rings. The minimum atomic E-state index is 0.0406. The van der Waals surface area contributed by atoms with E-state index in [0.717, 1.165) is 18.7 Å². The van der Waals surface area contributed by atoms with E-state index in [4.69, 9.17) is 0 Å². The molecule has 0 bridgehead atoms. The molecule has 3 nitrogen and oxygen atoms in total. The highest BCUT2D eigenvalue weighted by Crippen LogP contribution is 2.45.